The third-order valence-electron chi connectivity index (χ3n) is 3.51. The van der Waals surface area contributed by atoms with E-state index in [1.807, 2.05) is 24.3 Å². The van der Waals surface area contributed by atoms with E-state index in [-0.39, 0.29) is 24.9 Å². The molecule has 0 radical (unpaired) electrons. The summed E-state index contributed by atoms with van der Waals surface area (Å²) in [5, 5.41) is 9.35. The van der Waals surface area contributed by atoms with Gasteiger partial charge in [-0.25, -0.2) is 0 Å². The molecular weight excluding hydrogens is 313 g/mol. The van der Waals surface area contributed by atoms with E-state index < -0.39 is 5.97 Å². The number of ether oxygens (including phenoxy) is 1. The standard InChI is InChI=1S/C15H20ClNO3.ClH/c16-13-6-4-12(5-7-13)14-11-17(9-10-20-14)8-2-1-3-15(18)19;/h4-7,14H,1-3,8-11H2,(H,18,19);1H. The zero-order valence-electron chi connectivity index (χ0n) is 11.8. The topological polar surface area (TPSA) is 49.8 Å². The smallest absolute Gasteiger partial charge is 0.303 e. The maximum Gasteiger partial charge on any atom is 0.303 e. The highest BCUT2D eigenvalue weighted by Gasteiger charge is 2.21. The fraction of sp³-hybridized carbons (Fsp3) is 0.533. The molecule has 1 aromatic carbocycles. The molecule has 1 atom stereocenters. The SMILES string of the molecule is Cl.O=C(O)CCCCN1CCOC(c2ccc(Cl)cc2)C1. The van der Waals surface area contributed by atoms with Crippen molar-refractivity contribution in [2.45, 2.75) is 25.4 Å². The van der Waals surface area contributed by atoms with Crippen molar-refractivity contribution in [3.8, 4) is 0 Å². The Morgan fingerprint density at radius 3 is 2.71 bits per heavy atom. The zero-order chi connectivity index (χ0) is 14.4. The Hall–Kier alpha value is -0.810. The predicted molar refractivity (Wildman–Crippen MR) is 85.3 cm³/mol. The molecule has 1 unspecified atom stereocenters. The summed E-state index contributed by atoms with van der Waals surface area (Å²) in [5.41, 5.74) is 1.14. The van der Waals surface area contributed by atoms with Crippen molar-refractivity contribution in [2.75, 3.05) is 26.2 Å². The predicted octanol–water partition coefficient (Wildman–Crippen LogP) is 3.39. The number of rotatable bonds is 6. The van der Waals surface area contributed by atoms with Crippen LogP contribution in [-0.2, 0) is 9.53 Å². The van der Waals surface area contributed by atoms with Gasteiger partial charge in [0.25, 0.3) is 0 Å². The fourth-order valence-electron chi connectivity index (χ4n) is 2.40. The van der Waals surface area contributed by atoms with Gasteiger partial charge in [-0.05, 0) is 37.1 Å². The van der Waals surface area contributed by atoms with E-state index in [0.29, 0.717) is 6.61 Å². The van der Waals surface area contributed by atoms with Crippen molar-refractivity contribution >= 4 is 30.0 Å². The van der Waals surface area contributed by atoms with Crippen molar-refractivity contribution in [1.29, 1.82) is 0 Å². The summed E-state index contributed by atoms with van der Waals surface area (Å²) < 4.78 is 5.80. The van der Waals surface area contributed by atoms with Crippen LogP contribution in [0, 0.1) is 0 Å². The molecule has 21 heavy (non-hydrogen) atoms. The van der Waals surface area contributed by atoms with E-state index in [0.717, 1.165) is 43.1 Å². The molecule has 0 saturated carbocycles. The van der Waals surface area contributed by atoms with E-state index in [9.17, 15) is 4.79 Å². The van der Waals surface area contributed by atoms with E-state index in [2.05, 4.69) is 4.90 Å². The molecule has 1 N–H and O–H groups in total. The largest absolute Gasteiger partial charge is 0.481 e. The van der Waals surface area contributed by atoms with Crippen LogP contribution in [-0.4, -0.2) is 42.2 Å². The molecule has 0 aromatic heterocycles. The molecule has 4 nitrogen and oxygen atoms in total. The van der Waals surface area contributed by atoms with Crippen LogP contribution in [0.3, 0.4) is 0 Å². The molecule has 1 aromatic rings. The molecule has 1 aliphatic rings. The zero-order valence-corrected chi connectivity index (χ0v) is 13.4. The summed E-state index contributed by atoms with van der Waals surface area (Å²) in [6.07, 6.45) is 1.99. The minimum atomic E-state index is -0.717. The highest BCUT2D eigenvalue weighted by molar-refractivity contribution is 6.30. The van der Waals surface area contributed by atoms with Crippen molar-refractivity contribution in [2.24, 2.45) is 0 Å². The average molecular weight is 334 g/mol. The number of carboxylic acid groups (broad SMARTS) is 1. The maximum absolute atomic E-state index is 10.5. The van der Waals surface area contributed by atoms with Gasteiger partial charge in [0.2, 0.25) is 0 Å². The van der Waals surface area contributed by atoms with E-state index >= 15 is 0 Å². The van der Waals surface area contributed by atoms with Gasteiger partial charge in [0.15, 0.2) is 0 Å². The lowest BCUT2D eigenvalue weighted by Gasteiger charge is -2.33. The summed E-state index contributed by atoms with van der Waals surface area (Å²) in [7, 11) is 0. The quantitative estimate of drug-likeness (QED) is 0.810. The van der Waals surface area contributed by atoms with Gasteiger partial charge in [0.1, 0.15) is 0 Å². The number of halogens is 2. The number of carbonyl (C=O) groups is 1. The summed E-state index contributed by atoms with van der Waals surface area (Å²) >= 11 is 5.89. The fourth-order valence-corrected chi connectivity index (χ4v) is 2.52. The van der Waals surface area contributed by atoms with Crippen LogP contribution in [0.4, 0.5) is 0 Å². The Morgan fingerprint density at radius 1 is 1.33 bits per heavy atom. The van der Waals surface area contributed by atoms with Gasteiger partial charge in [0.05, 0.1) is 12.7 Å². The number of carboxylic acids is 1. The first-order valence-electron chi connectivity index (χ1n) is 6.96. The first kappa shape index (κ1) is 18.2. The summed E-state index contributed by atoms with van der Waals surface area (Å²) in [6.45, 7) is 3.42. The third kappa shape index (κ3) is 6.22. The number of aliphatic carboxylic acids is 1. The second kappa shape index (κ2) is 9.26. The molecule has 0 bridgehead atoms. The van der Waals surface area contributed by atoms with Crippen molar-refractivity contribution < 1.29 is 14.6 Å². The van der Waals surface area contributed by atoms with Gasteiger partial charge in [-0.1, -0.05) is 23.7 Å². The lowest BCUT2D eigenvalue weighted by Crippen LogP contribution is -2.38. The van der Waals surface area contributed by atoms with Crippen molar-refractivity contribution in [3.63, 3.8) is 0 Å². The Bertz CT molecular complexity index is 439. The molecule has 1 aliphatic heterocycles. The number of hydrogen-bond acceptors (Lipinski definition) is 3. The molecule has 1 heterocycles. The molecule has 0 spiro atoms. The van der Waals surface area contributed by atoms with Gasteiger partial charge in [0, 0.05) is 24.5 Å². The van der Waals surface area contributed by atoms with Crippen molar-refractivity contribution in [1.82, 2.24) is 4.90 Å². The van der Waals surface area contributed by atoms with Gasteiger partial charge in [-0.3, -0.25) is 9.69 Å². The minimum Gasteiger partial charge on any atom is -0.481 e. The Balaban J connectivity index is 0.00000220. The van der Waals surface area contributed by atoms with Crippen LogP contribution in [0.5, 0.6) is 0 Å². The highest BCUT2D eigenvalue weighted by atomic mass is 35.5. The monoisotopic (exact) mass is 333 g/mol. The molecule has 2 rings (SSSR count). The lowest BCUT2D eigenvalue weighted by molar-refractivity contribution is -0.137. The van der Waals surface area contributed by atoms with Crippen LogP contribution < -0.4 is 0 Å². The van der Waals surface area contributed by atoms with Gasteiger partial charge < -0.3 is 9.84 Å². The first-order valence-corrected chi connectivity index (χ1v) is 7.34. The summed E-state index contributed by atoms with van der Waals surface area (Å²) in [6, 6.07) is 7.76. The molecule has 1 saturated heterocycles. The van der Waals surface area contributed by atoms with Gasteiger partial charge in [-0.2, -0.15) is 0 Å². The molecule has 118 valence electrons. The minimum absolute atomic E-state index is 0. The molecule has 6 heteroatoms. The van der Waals surface area contributed by atoms with Crippen LogP contribution in [0.2, 0.25) is 5.02 Å². The molecular formula is C15H21Cl2NO3. The highest BCUT2D eigenvalue weighted by Crippen LogP contribution is 2.23. The number of hydrogen-bond donors (Lipinski definition) is 1. The Labute approximate surface area is 136 Å². The molecule has 1 fully saturated rings. The average Bonchev–Trinajstić information content (AvgIpc) is 2.44. The second-order valence-corrected chi connectivity index (χ2v) is 5.50. The van der Waals surface area contributed by atoms with E-state index in [4.69, 9.17) is 21.4 Å². The van der Waals surface area contributed by atoms with E-state index in [1.165, 1.54) is 0 Å². The number of nitrogens with zero attached hydrogens (tertiary/aromatic N) is 1. The van der Waals surface area contributed by atoms with Gasteiger partial charge >= 0.3 is 5.97 Å². The molecule has 0 amide bonds. The van der Waals surface area contributed by atoms with Gasteiger partial charge in [-0.15, -0.1) is 12.4 Å². The van der Waals surface area contributed by atoms with Crippen molar-refractivity contribution in [3.05, 3.63) is 34.9 Å². The Morgan fingerprint density at radius 2 is 2.05 bits per heavy atom. The number of benzene rings is 1. The normalized spacial score (nSPS) is 19.0. The summed E-state index contributed by atoms with van der Waals surface area (Å²) in [5.74, 6) is -0.717. The van der Waals surface area contributed by atoms with Crippen LogP contribution in [0.25, 0.3) is 0 Å². The first-order chi connectivity index (χ1) is 9.65. The van der Waals surface area contributed by atoms with Crippen LogP contribution in [0.15, 0.2) is 24.3 Å². The third-order valence-corrected chi connectivity index (χ3v) is 3.76. The maximum atomic E-state index is 10.5. The van der Waals surface area contributed by atoms with E-state index in [1.54, 1.807) is 0 Å². The lowest BCUT2D eigenvalue weighted by atomic mass is 10.1. The summed E-state index contributed by atoms with van der Waals surface area (Å²) in [4.78, 5) is 12.8. The van der Waals surface area contributed by atoms with Crippen LogP contribution >= 0.6 is 24.0 Å². The molecule has 0 aliphatic carbocycles. The Kier molecular flexibility index (Phi) is 8.04. The van der Waals surface area contributed by atoms with Crippen LogP contribution in [0.1, 0.15) is 30.9 Å². The number of unbranched alkanes of at least 4 members (excludes halogenated alkanes) is 1. The second-order valence-electron chi connectivity index (χ2n) is 5.06. The number of morpholine rings is 1.